The highest BCUT2D eigenvalue weighted by Gasteiger charge is 2.33. The van der Waals surface area contributed by atoms with Gasteiger partial charge in [0.1, 0.15) is 24.2 Å². The first-order valence-electron chi connectivity index (χ1n) is 11.7. The average molecular weight is 502 g/mol. The first-order chi connectivity index (χ1) is 17.7. The van der Waals surface area contributed by atoms with Gasteiger partial charge in [-0.25, -0.2) is 4.79 Å². The van der Waals surface area contributed by atoms with Crippen LogP contribution in [0.2, 0.25) is 0 Å². The summed E-state index contributed by atoms with van der Waals surface area (Å²) >= 11 is 0. The number of nitrogens with one attached hydrogen (secondary N) is 3. The number of ketones is 1. The SMILES string of the molecule is CC(=O)c1cc(NC(=O)OCc2ccccc2)c(=O)n2c1CC[C@H]2C(=O)NCc1ccc(C(=N)N)cc1. The second-order valence-electron chi connectivity index (χ2n) is 8.72. The summed E-state index contributed by atoms with van der Waals surface area (Å²) < 4.78 is 6.50. The molecule has 0 aliphatic carbocycles. The van der Waals surface area contributed by atoms with E-state index in [9.17, 15) is 19.2 Å². The van der Waals surface area contributed by atoms with Gasteiger partial charge in [-0.1, -0.05) is 54.6 Å². The van der Waals surface area contributed by atoms with Gasteiger partial charge in [-0.2, -0.15) is 0 Å². The fourth-order valence-corrected chi connectivity index (χ4v) is 4.28. The van der Waals surface area contributed by atoms with E-state index in [4.69, 9.17) is 15.9 Å². The molecule has 4 rings (SSSR count). The van der Waals surface area contributed by atoms with Crippen molar-refractivity contribution in [2.24, 2.45) is 5.73 Å². The standard InChI is InChI=1S/C27H27N5O5/c1-16(33)20-13-21(31-27(36)37-15-18-5-3-2-4-6-18)26(35)32-22(20)11-12-23(32)25(34)30-14-17-7-9-19(10-8-17)24(28)29/h2-10,13,23H,11-12,14-15H2,1H3,(H3,28,29)(H,30,34)(H,31,36)/t23-/m0/s1. The fraction of sp³-hybridized carbons (Fsp3) is 0.222. The zero-order valence-electron chi connectivity index (χ0n) is 20.2. The zero-order chi connectivity index (χ0) is 26.5. The summed E-state index contributed by atoms with van der Waals surface area (Å²) in [7, 11) is 0. The third-order valence-electron chi connectivity index (χ3n) is 6.17. The number of Topliss-reactive ketones (excluding diaryl/α,β-unsaturated/α-hetero) is 1. The van der Waals surface area contributed by atoms with Crippen LogP contribution >= 0.6 is 0 Å². The number of hydrogen-bond acceptors (Lipinski definition) is 6. The molecule has 37 heavy (non-hydrogen) atoms. The Bertz CT molecular complexity index is 1410. The Morgan fingerprint density at radius 3 is 2.43 bits per heavy atom. The summed E-state index contributed by atoms with van der Waals surface area (Å²) in [5.41, 5.74) is 7.64. The van der Waals surface area contributed by atoms with Crippen LogP contribution in [0.15, 0.2) is 65.5 Å². The van der Waals surface area contributed by atoms with Gasteiger partial charge in [0.05, 0.1) is 0 Å². The third kappa shape index (κ3) is 5.75. The normalized spacial score (nSPS) is 13.9. The lowest BCUT2D eigenvalue weighted by Gasteiger charge is -2.18. The largest absolute Gasteiger partial charge is 0.444 e. The van der Waals surface area contributed by atoms with Crippen LogP contribution in [-0.2, 0) is 29.1 Å². The van der Waals surface area contributed by atoms with Gasteiger partial charge in [0, 0.05) is 23.4 Å². The second kappa shape index (κ2) is 10.9. The molecule has 10 heteroatoms. The molecule has 0 saturated carbocycles. The molecule has 1 atom stereocenters. The molecule has 1 aliphatic heterocycles. The molecule has 1 aliphatic rings. The summed E-state index contributed by atoms with van der Waals surface area (Å²) in [5.74, 6) is -0.710. The van der Waals surface area contributed by atoms with E-state index in [0.717, 1.165) is 11.1 Å². The number of fused-ring (bicyclic) bond motifs is 1. The highest BCUT2D eigenvalue weighted by Crippen LogP contribution is 2.28. The van der Waals surface area contributed by atoms with Gasteiger partial charge in [0.25, 0.3) is 5.56 Å². The maximum Gasteiger partial charge on any atom is 0.412 e. The first kappa shape index (κ1) is 25.4. The van der Waals surface area contributed by atoms with E-state index in [0.29, 0.717) is 24.1 Å². The van der Waals surface area contributed by atoms with Crippen molar-refractivity contribution in [1.29, 1.82) is 5.41 Å². The van der Waals surface area contributed by atoms with Crippen LogP contribution in [0.5, 0.6) is 0 Å². The molecule has 2 amide bonds. The monoisotopic (exact) mass is 501 g/mol. The number of ether oxygens (including phenoxy) is 1. The van der Waals surface area contributed by atoms with Crippen molar-refractivity contribution < 1.29 is 19.1 Å². The molecule has 2 aromatic carbocycles. The van der Waals surface area contributed by atoms with Gasteiger partial charge >= 0.3 is 6.09 Å². The number of nitrogens with two attached hydrogens (primary N) is 1. The van der Waals surface area contributed by atoms with E-state index in [1.807, 2.05) is 18.2 Å². The summed E-state index contributed by atoms with van der Waals surface area (Å²) in [5, 5.41) is 12.7. The number of carbonyl (C=O) groups is 3. The molecule has 3 aromatic rings. The smallest absolute Gasteiger partial charge is 0.412 e. The lowest BCUT2D eigenvalue weighted by atomic mass is 10.1. The molecule has 190 valence electrons. The summed E-state index contributed by atoms with van der Waals surface area (Å²) in [6, 6.07) is 16.5. The topological polar surface area (TPSA) is 156 Å². The van der Waals surface area contributed by atoms with Crippen molar-refractivity contribution in [2.45, 2.75) is 39.0 Å². The molecular formula is C27H27N5O5. The number of benzene rings is 2. The number of rotatable bonds is 8. The van der Waals surface area contributed by atoms with Gasteiger partial charge in [-0.05, 0) is 37.0 Å². The fourth-order valence-electron chi connectivity index (χ4n) is 4.28. The van der Waals surface area contributed by atoms with Gasteiger partial charge in [-0.15, -0.1) is 0 Å². The maximum atomic E-state index is 13.3. The number of hydrogen-bond donors (Lipinski definition) is 4. The van der Waals surface area contributed by atoms with Crippen molar-refractivity contribution in [3.63, 3.8) is 0 Å². The molecule has 1 aromatic heterocycles. The van der Waals surface area contributed by atoms with Gasteiger partial charge in [0.15, 0.2) is 5.78 Å². The number of nitrogens with zero attached hydrogens (tertiary/aromatic N) is 1. The van der Waals surface area contributed by atoms with Gasteiger partial charge in [0.2, 0.25) is 5.91 Å². The Morgan fingerprint density at radius 1 is 1.08 bits per heavy atom. The molecule has 0 saturated heterocycles. The third-order valence-corrected chi connectivity index (χ3v) is 6.17. The second-order valence-corrected chi connectivity index (χ2v) is 8.72. The molecule has 0 radical (unpaired) electrons. The minimum absolute atomic E-state index is 0.0109. The lowest BCUT2D eigenvalue weighted by Crippen LogP contribution is -2.37. The summed E-state index contributed by atoms with van der Waals surface area (Å²) in [4.78, 5) is 51.1. The first-order valence-corrected chi connectivity index (χ1v) is 11.7. The number of aromatic nitrogens is 1. The lowest BCUT2D eigenvalue weighted by molar-refractivity contribution is -0.124. The predicted molar refractivity (Wildman–Crippen MR) is 138 cm³/mol. The zero-order valence-corrected chi connectivity index (χ0v) is 20.2. The van der Waals surface area contributed by atoms with E-state index in [2.05, 4.69) is 10.6 Å². The van der Waals surface area contributed by atoms with Gasteiger partial charge < -0.3 is 15.8 Å². The Morgan fingerprint density at radius 2 is 1.78 bits per heavy atom. The molecular weight excluding hydrogens is 474 g/mol. The van der Waals surface area contributed by atoms with E-state index < -0.39 is 17.7 Å². The van der Waals surface area contributed by atoms with Crippen LogP contribution in [0.4, 0.5) is 10.5 Å². The minimum Gasteiger partial charge on any atom is -0.444 e. The van der Waals surface area contributed by atoms with Crippen molar-refractivity contribution in [2.75, 3.05) is 5.32 Å². The minimum atomic E-state index is -0.844. The Balaban J connectivity index is 1.51. The number of anilines is 1. The number of amidine groups is 1. The molecule has 0 spiro atoms. The van der Waals surface area contributed by atoms with Crippen molar-refractivity contribution in [1.82, 2.24) is 9.88 Å². The molecule has 0 unspecified atom stereocenters. The summed E-state index contributed by atoms with van der Waals surface area (Å²) in [6.45, 7) is 1.59. The van der Waals surface area contributed by atoms with Crippen LogP contribution in [0, 0.1) is 5.41 Å². The van der Waals surface area contributed by atoms with Gasteiger partial charge in [-0.3, -0.25) is 29.7 Å². The number of nitrogen functional groups attached to an aromatic ring is 1. The molecule has 0 fully saturated rings. The molecule has 10 nitrogen and oxygen atoms in total. The van der Waals surface area contributed by atoms with Crippen LogP contribution in [-0.4, -0.2) is 28.2 Å². The van der Waals surface area contributed by atoms with E-state index >= 15 is 0 Å². The molecule has 5 N–H and O–H groups in total. The highest BCUT2D eigenvalue weighted by atomic mass is 16.5. The summed E-state index contributed by atoms with van der Waals surface area (Å²) in [6.07, 6.45) is -0.134. The Hall–Kier alpha value is -4.73. The van der Waals surface area contributed by atoms with E-state index in [-0.39, 0.29) is 41.9 Å². The number of pyridine rings is 1. The number of carbonyl (C=O) groups excluding carboxylic acids is 3. The van der Waals surface area contributed by atoms with E-state index in [1.54, 1.807) is 36.4 Å². The molecule has 0 bridgehead atoms. The Labute approximate surface area is 213 Å². The van der Waals surface area contributed by atoms with Crippen LogP contribution in [0.3, 0.4) is 0 Å². The Kier molecular flexibility index (Phi) is 7.47. The van der Waals surface area contributed by atoms with Crippen molar-refractivity contribution in [3.05, 3.63) is 99.0 Å². The highest BCUT2D eigenvalue weighted by molar-refractivity contribution is 5.97. The van der Waals surface area contributed by atoms with Crippen LogP contribution in [0.1, 0.15) is 52.1 Å². The quantitative estimate of drug-likeness (QED) is 0.211. The van der Waals surface area contributed by atoms with E-state index in [1.165, 1.54) is 17.6 Å². The number of amides is 2. The molecule has 2 heterocycles. The predicted octanol–water partition coefficient (Wildman–Crippen LogP) is 2.89. The maximum absolute atomic E-state index is 13.3. The van der Waals surface area contributed by atoms with Crippen LogP contribution < -0.4 is 21.9 Å². The van der Waals surface area contributed by atoms with Crippen molar-refractivity contribution >= 4 is 29.3 Å². The van der Waals surface area contributed by atoms with Crippen LogP contribution in [0.25, 0.3) is 0 Å². The van der Waals surface area contributed by atoms with Crippen molar-refractivity contribution in [3.8, 4) is 0 Å². The average Bonchev–Trinajstić information content (AvgIpc) is 3.34.